The second-order valence-electron chi connectivity index (χ2n) is 8.81. The normalized spacial score (nSPS) is 11.3. The first-order valence-corrected chi connectivity index (χ1v) is 14.0. The number of rotatable bonds is 12. The second-order valence-corrected chi connectivity index (χ2v) is 10.5. The van der Waals surface area contributed by atoms with Crippen LogP contribution in [0.5, 0.6) is 5.75 Å². The average Bonchev–Trinajstić information content (AvgIpc) is 3.12. The third kappa shape index (κ3) is 6.47. The largest absolute Gasteiger partial charge is 0.494 e. The second kappa shape index (κ2) is 12.6. The van der Waals surface area contributed by atoms with E-state index in [4.69, 9.17) is 10.1 Å². The fourth-order valence-corrected chi connectivity index (χ4v) is 5.57. The van der Waals surface area contributed by atoms with Crippen LogP contribution in [-0.4, -0.2) is 15.7 Å². The Morgan fingerprint density at radius 2 is 1.26 bits per heavy atom. The van der Waals surface area contributed by atoms with E-state index in [0.29, 0.717) is 12.2 Å². The Bertz CT molecular complexity index is 1330. The van der Waals surface area contributed by atoms with E-state index in [-0.39, 0.29) is 0 Å². The monoisotopic (exact) mass is 597 g/mol. The molecule has 6 heteroatoms. The number of nitrogens with zero attached hydrogens (tertiary/aromatic N) is 2. The topological polar surface area (TPSA) is 42.9 Å². The van der Waals surface area contributed by atoms with E-state index < -0.39 is 0 Å². The van der Waals surface area contributed by atoms with Crippen LogP contribution in [0.25, 0.3) is 11.0 Å². The van der Waals surface area contributed by atoms with Crippen molar-refractivity contribution >= 4 is 42.9 Å². The highest BCUT2D eigenvalue weighted by Gasteiger charge is 2.12. The van der Waals surface area contributed by atoms with Crippen LogP contribution >= 0.6 is 31.9 Å². The summed E-state index contributed by atoms with van der Waals surface area (Å²) in [6.45, 7) is 4.32. The molecule has 1 aromatic heterocycles. The van der Waals surface area contributed by atoms with Gasteiger partial charge in [0.2, 0.25) is 5.62 Å². The predicted molar refractivity (Wildman–Crippen MR) is 151 cm³/mol. The number of imidazole rings is 1. The van der Waals surface area contributed by atoms with E-state index in [1.165, 1.54) is 20.1 Å². The zero-order chi connectivity index (χ0) is 24.6. The number of hydrogen-bond donors (Lipinski definition) is 1. The predicted octanol–water partition coefficient (Wildman–Crippen LogP) is 7.89. The minimum atomic E-state index is 0.579. The van der Waals surface area contributed by atoms with Crippen molar-refractivity contribution in [3.63, 3.8) is 0 Å². The highest BCUT2D eigenvalue weighted by molar-refractivity contribution is 9.10. The fourth-order valence-electron chi connectivity index (χ4n) is 4.60. The van der Waals surface area contributed by atoms with Gasteiger partial charge in [0, 0.05) is 28.1 Å². The Kier molecular flexibility index (Phi) is 9.27. The molecule has 0 radical (unpaired) electrons. The molecule has 0 amide bonds. The number of nitrogens with one attached hydrogen (secondary N) is 1. The summed E-state index contributed by atoms with van der Waals surface area (Å²) < 4.78 is 12.5. The van der Waals surface area contributed by atoms with E-state index in [1.54, 1.807) is 0 Å². The number of benzene rings is 3. The van der Waals surface area contributed by atoms with Crippen molar-refractivity contribution in [2.45, 2.75) is 58.5 Å². The molecule has 0 aliphatic carbocycles. The van der Waals surface area contributed by atoms with Gasteiger partial charge in [-0.1, -0.05) is 68.3 Å². The van der Waals surface area contributed by atoms with Gasteiger partial charge in [-0.15, -0.1) is 0 Å². The summed E-state index contributed by atoms with van der Waals surface area (Å²) in [7, 11) is 0. The summed E-state index contributed by atoms with van der Waals surface area (Å²) in [5.41, 5.74) is 5.47. The molecule has 184 valence electrons. The molecule has 3 aromatic carbocycles. The summed E-state index contributed by atoms with van der Waals surface area (Å²) in [4.78, 5) is 0. The van der Waals surface area contributed by atoms with Gasteiger partial charge in [-0.05, 0) is 80.8 Å². The number of unbranched alkanes of at least 4 members (excludes halogenated alkanes) is 2. The quantitative estimate of drug-likeness (QED) is 0.166. The third-order valence-corrected chi connectivity index (χ3v) is 7.97. The van der Waals surface area contributed by atoms with Gasteiger partial charge in [-0.2, -0.15) is 0 Å². The number of hydrogen-bond acceptors (Lipinski definition) is 2. The SMILES string of the molecule is CCOc1ccc2c(c1)n(CCCCc1ccccc1Br)c(=N)n2CCCCc1ccccc1Br. The lowest BCUT2D eigenvalue weighted by Gasteiger charge is -2.07. The van der Waals surface area contributed by atoms with Crippen LogP contribution in [0.4, 0.5) is 0 Å². The summed E-state index contributed by atoms with van der Waals surface area (Å²) in [6.07, 6.45) is 6.30. The molecular formula is C29H33Br2N3O. The Morgan fingerprint density at radius 3 is 1.80 bits per heavy atom. The summed E-state index contributed by atoms with van der Waals surface area (Å²) in [5.74, 6) is 0.869. The van der Waals surface area contributed by atoms with Crippen molar-refractivity contribution in [3.8, 4) is 5.75 Å². The number of halogens is 2. The minimum absolute atomic E-state index is 0.579. The number of ether oxygens (including phenoxy) is 1. The maximum absolute atomic E-state index is 8.98. The Balaban J connectivity index is 1.47. The molecule has 0 spiro atoms. The van der Waals surface area contributed by atoms with Gasteiger partial charge in [-0.3, -0.25) is 5.41 Å². The van der Waals surface area contributed by atoms with E-state index in [9.17, 15) is 0 Å². The first-order chi connectivity index (χ1) is 17.1. The van der Waals surface area contributed by atoms with E-state index in [1.807, 2.05) is 13.0 Å². The van der Waals surface area contributed by atoms with Gasteiger partial charge in [-0.25, -0.2) is 0 Å². The Labute approximate surface area is 224 Å². The van der Waals surface area contributed by atoms with Crippen molar-refractivity contribution in [2.24, 2.45) is 0 Å². The van der Waals surface area contributed by atoms with Crippen molar-refractivity contribution in [2.75, 3.05) is 6.61 Å². The van der Waals surface area contributed by atoms with Gasteiger partial charge in [0.05, 0.1) is 17.6 Å². The first-order valence-electron chi connectivity index (χ1n) is 12.5. The smallest absolute Gasteiger partial charge is 0.202 e. The third-order valence-electron chi connectivity index (χ3n) is 6.42. The van der Waals surface area contributed by atoms with Gasteiger partial charge in [0.25, 0.3) is 0 Å². The van der Waals surface area contributed by atoms with E-state index >= 15 is 0 Å². The van der Waals surface area contributed by atoms with Gasteiger partial charge in [0.1, 0.15) is 5.75 Å². The molecular weight excluding hydrogens is 566 g/mol. The van der Waals surface area contributed by atoms with Gasteiger partial charge < -0.3 is 13.9 Å². The first kappa shape index (κ1) is 25.8. The molecule has 35 heavy (non-hydrogen) atoms. The fraction of sp³-hybridized carbons (Fsp3) is 0.345. The molecule has 1 heterocycles. The Morgan fingerprint density at radius 1 is 0.714 bits per heavy atom. The molecule has 4 nitrogen and oxygen atoms in total. The van der Waals surface area contributed by atoms with Crippen LogP contribution in [0.1, 0.15) is 43.7 Å². The standard InChI is InChI=1S/C29H33Br2N3O/c1-2-35-24-17-18-27-28(21-24)34(20-10-8-14-23-12-4-6-16-26(23)31)29(32)33(27)19-9-7-13-22-11-3-5-15-25(22)30/h3-6,11-12,15-18,21,32H,2,7-10,13-14,19-20H2,1H3. The van der Waals surface area contributed by atoms with E-state index in [2.05, 4.69) is 102 Å². The summed E-state index contributed by atoms with van der Waals surface area (Å²) >= 11 is 7.31. The highest BCUT2D eigenvalue weighted by Crippen LogP contribution is 2.23. The maximum Gasteiger partial charge on any atom is 0.202 e. The molecule has 0 bridgehead atoms. The lowest BCUT2D eigenvalue weighted by Crippen LogP contribution is -2.25. The van der Waals surface area contributed by atoms with Gasteiger partial charge in [0.15, 0.2) is 0 Å². The molecule has 0 saturated carbocycles. The van der Waals surface area contributed by atoms with E-state index in [0.717, 1.165) is 68.4 Å². The van der Waals surface area contributed by atoms with Crippen molar-refractivity contribution in [3.05, 3.63) is 92.4 Å². The maximum atomic E-state index is 8.98. The van der Waals surface area contributed by atoms with Crippen LogP contribution in [-0.2, 0) is 25.9 Å². The molecule has 0 saturated heterocycles. The molecule has 4 aromatic rings. The number of aryl methyl sites for hydroxylation is 4. The average molecular weight is 599 g/mol. The van der Waals surface area contributed by atoms with Crippen LogP contribution in [0.15, 0.2) is 75.7 Å². The van der Waals surface area contributed by atoms with Crippen molar-refractivity contribution < 1.29 is 4.74 Å². The minimum Gasteiger partial charge on any atom is -0.494 e. The zero-order valence-electron chi connectivity index (χ0n) is 20.3. The van der Waals surface area contributed by atoms with Gasteiger partial charge >= 0.3 is 0 Å². The molecule has 0 aliphatic rings. The summed E-state index contributed by atoms with van der Waals surface area (Å²) in [5, 5.41) is 8.98. The lowest BCUT2D eigenvalue weighted by atomic mass is 10.1. The molecule has 0 unspecified atom stereocenters. The van der Waals surface area contributed by atoms with Crippen LogP contribution in [0.2, 0.25) is 0 Å². The summed E-state index contributed by atoms with van der Waals surface area (Å²) in [6, 6.07) is 23.1. The molecule has 0 aliphatic heterocycles. The zero-order valence-corrected chi connectivity index (χ0v) is 23.4. The lowest BCUT2D eigenvalue weighted by molar-refractivity contribution is 0.340. The molecule has 4 rings (SSSR count). The molecule has 0 atom stereocenters. The number of aromatic nitrogens is 2. The number of fused-ring (bicyclic) bond motifs is 1. The van der Waals surface area contributed by atoms with Crippen molar-refractivity contribution in [1.29, 1.82) is 5.41 Å². The van der Waals surface area contributed by atoms with Crippen molar-refractivity contribution in [1.82, 2.24) is 9.13 Å². The van der Waals surface area contributed by atoms with Crippen LogP contribution in [0, 0.1) is 5.41 Å². The molecule has 1 N–H and O–H groups in total. The Hall–Kier alpha value is -2.31. The van der Waals surface area contributed by atoms with Crippen LogP contribution < -0.4 is 10.4 Å². The van der Waals surface area contributed by atoms with Crippen LogP contribution in [0.3, 0.4) is 0 Å². The molecule has 0 fully saturated rings. The highest BCUT2D eigenvalue weighted by atomic mass is 79.9.